The molecule has 0 aromatic heterocycles. The Bertz CT molecular complexity index is 194. The van der Waals surface area contributed by atoms with Gasteiger partial charge in [0.25, 0.3) is 0 Å². The second-order valence-electron chi connectivity index (χ2n) is 3.02. The van der Waals surface area contributed by atoms with E-state index in [-0.39, 0.29) is 12.2 Å². The first-order valence-electron chi connectivity index (χ1n) is 4.49. The first-order valence-corrected chi connectivity index (χ1v) is 4.49. The fraction of sp³-hybridized carbons (Fsp3) is 0.600. The van der Waals surface area contributed by atoms with Crippen molar-refractivity contribution in [3.63, 3.8) is 0 Å². The Hall–Kier alpha value is -1.12. The molecule has 13 heavy (non-hydrogen) atoms. The summed E-state index contributed by atoms with van der Waals surface area (Å²) in [5, 5.41) is 8.29. The molecule has 0 aliphatic rings. The lowest BCUT2D eigenvalue weighted by atomic mass is 10.1. The molecule has 0 unspecified atom stereocenters. The predicted octanol–water partition coefficient (Wildman–Crippen LogP) is 2.17. The van der Waals surface area contributed by atoms with E-state index in [0.717, 1.165) is 19.3 Å². The molecular formula is C10H16O3. The summed E-state index contributed by atoms with van der Waals surface area (Å²) in [7, 11) is 0. The monoisotopic (exact) mass is 184 g/mol. The third-order valence-corrected chi connectivity index (χ3v) is 1.61. The van der Waals surface area contributed by atoms with Gasteiger partial charge in [-0.3, -0.25) is 4.79 Å². The van der Waals surface area contributed by atoms with Gasteiger partial charge in [0.15, 0.2) is 0 Å². The third-order valence-electron chi connectivity index (χ3n) is 1.61. The van der Waals surface area contributed by atoms with E-state index in [1.54, 1.807) is 13.0 Å². The van der Waals surface area contributed by atoms with Crippen LogP contribution in [0.1, 0.15) is 39.0 Å². The van der Waals surface area contributed by atoms with E-state index in [4.69, 9.17) is 5.11 Å². The summed E-state index contributed by atoms with van der Waals surface area (Å²) >= 11 is 0. The minimum absolute atomic E-state index is 0.0900. The average Bonchev–Trinajstić information content (AvgIpc) is 2.01. The molecule has 0 heterocycles. The number of carboxylic acids is 1. The fourth-order valence-corrected chi connectivity index (χ4v) is 0.938. The van der Waals surface area contributed by atoms with Crippen LogP contribution in [0.25, 0.3) is 0 Å². The highest BCUT2D eigenvalue weighted by Crippen LogP contribution is 2.01. The van der Waals surface area contributed by atoms with Gasteiger partial charge in [-0.2, -0.15) is 0 Å². The minimum Gasteiger partial charge on any atom is -0.481 e. The molecule has 3 nitrogen and oxygen atoms in total. The van der Waals surface area contributed by atoms with Gasteiger partial charge >= 0.3 is 5.97 Å². The van der Waals surface area contributed by atoms with Gasteiger partial charge < -0.3 is 9.90 Å². The Morgan fingerprint density at radius 3 is 2.46 bits per heavy atom. The normalized spacial score (nSPS) is 10.5. The number of Topliss-reactive ketones (excluding diaryl/α,β-unsaturated/α-hetero) is 1. The van der Waals surface area contributed by atoms with Gasteiger partial charge in [0.05, 0.1) is 6.42 Å². The zero-order valence-electron chi connectivity index (χ0n) is 7.95. The Labute approximate surface area is 78.5 Å². The maximum absolute atomic E-state index is 10.5. The fourth-order valence-electron chi connectivity index (χ4n) is 0.938. The topological polar surface area (TPSA) is 54.4 Å². The molecule has 0 aromatic rings. The Morgan fingerprint density at radius 1 is 1.23 bits per heavy atom. The molecule has 74 valence electrons. The van der Waals surface area contributed by atoms with Crippen molar-refractivity contribution in [2.75, 3.05) is 0 Å². The second kappa shape index (κ2) is 7.53. The lowest BCUT2D eigenvalue weighted by Gasteiger charge is -1.93. The Balaban J connectivity index is 3.20. The smallest absolute Gasteiger partial charge is 0.307 e. The number of unbranched alkanes of at least 4 members (excludes halogenated alkanes) is 2. The molecule has 0 fully saturated rings. The number of hydrogen-bond acceptors (Lipinski definition) is 2. The summed E-state index contributed by atoms with van der Waals surface area (Å²) in [5.41, 5.74) is 0. The van der Waals surface area contributed by atoms with Crippen LogP contribution in [0.3, 0.4) is 0 Å². The number of allylic oxidation sites excluding steroid dienone is 1. The van der Waals surface area contributed by atoms with Crippen LogP contribution in [0.5, 0.6) is 0 Å². The molecule has 0 atom stereocenters. The van der Waals surface area contributed by atoms with E-state index in [2.05, 4.69) is 0 Å². The van der Waals surface area contributed by atoms with Crippen LogP contribution in [0.4, 0.5) is 0 Å². The van der Waals surface area contributed by atoms with Crippen molar-refractivity contribution >= 4 is 11.8 Å². The van der Waals surface area contributed by atoms with E-state index in [1.165, 1.54) is 0 Å². The van der Waals surface area contributed by atoms with Crippen LogP contribution < -0.4 is 0 Å². The summed E-state index contributed by atoms with van der Waals surface area (Å²) in [4.78, 5) is 20.6. The largest absolute Gasteiger partial charge is 0.481 e. The molecule has 0 rings (SSSR count). The SMILES string of the molecule is CC(=O)CCCC/C=C/CC(=O)O. The molecule has 0 amide bonds. The van der Waals surface area contributed by atoms with Crippen molar-refractivity contribution in [3.8, 4) is 0 Å². The highest BCUT2D eigenvalue weighted by molar-refractivity contribution is 5.75. The number of ketones is 1. The first-order chi connectivity index (χ1) is 6.13. The van der Waals surface area contributed by atoms with Crippen LogP contribution in [-0.4, -0.2) is 16.9 Å². The zero-order chi connectivity index (χ0) is 10.1. The van der Waals surface area contributed by atoms with Crippen LogP contribution in [-0.2, 0) is 9.59 Å². The molecule has 1 N–H and O–H groups in total. The highest BCUT2D eigenvalue weighted by Gasteiger charge is 1.92. The number of hydrogen-bond donors (Lipinski definition) is 1. The van der Waals surface area contributed by atoms with E-state index in [1.807, 2.05) is 6.08 Å². The van der Waals surface area contributed by atoms with Gasteiger partial charge in [-0.15, -0.1) is 0 Å². The van der Waals surface area contributed by atoms with Crippen molar-refractivity contribution in [2.24, 2.45) is 0 Å². The summed E-state index contributed by atoms with van der Waals surface area (Å²) in [6.45, 7) is 1.58. The van der Waals surface area contributed by atoms with Gasteiger partial charge in [0.1, 0.15) is 5.78 Å². The summed E-state index contributed by atoms with van der Waals surface area (Å²) in [5.74, 6) is -0.588. The van der Waals surface area contributed by atoms with Crippen LogP contribution in [0.2, 0.25) is 0 Å². The van der Waals surface area contributed by atoms with Crippen molar-refractivity contribution in [1.82, 2.24) is 0 Å². The van der Waals surface area contributed by atoms with Gasteiger partial charge in [0.2, 0.25) is 0 Å². The molecule has 0 saturated heterocycles. The van der Waals surface area contributed by atoms with E-state index >= 15 is 0 Å². The molecule has 0 radical (unpaired) electrons. The average molecular weight is 184 g/mol. The van der Waals surface area contributed by atoms with Crippen molar-refractivity contribution in [1.29, 1.82) is 0 Å². The van der Waals surface area contributed by atoms with E-state index < -0.39 is 5.97 Å². The molecule has 0 aromatic carbocycles. The van der Waals surface area contributed by atoms with E-state index in [0.29, 0.717) is 6.42 Å². The lowest BCUT2D eigenvalue weighted by molar-refractivity contribution is -0.136. The number of carbonyl (C=O) groups excluding carboxylic acids is 1. The van der Waals surface area contributed by atoms with Crippen LogP contribution >= 0.6 is 0 Å². The maximum Gasteiger partial charge on any atom is 0.307 e. The maximum atomic E-state index is 10.5. The quantitative estimate of drug-likeness (QED) is 0.487. The Morgan fingerprint density at radius 2 is 1.92 bits per heavy atom. The molecule has 0 aliphatic carbocycles. The molecule has 0 spiro atoms. The number of carbonyl (C=O) groups is 2. The number of rotatable bonds is 7. The molecule has 3 heteroatoms. The van der Waals surface area contributed by atoms with Gasteiger partial charge in [-0.05, 0) is 26.2 Å². The lowest BCUT2D eigenvalue weighted by Crippen LogP contribution is -1.90. The second-order valence-corrected chi connectivity index (χ2v) is 3.02. The summed E-state index contributed by atoms with van der Waals surface area (Å²) in [6.07, 6.45) is 6.94. The van der Waals surface area contributed by atoms with Crippen molar-refractivity contribution in [2.45, 2.75) is 39.0 Å². The predicted molar refractivity (Wildman–Crippen MR) is 50.5 cm³/mol. The van der Waals surface area contributed by atoms with Crippen molar-refractivity contribution in [3.05, 3.63) is 12.2 Å². The van der Waals surface area contributed by atoms with Crippen LogP contribution in [0.15, 0.2) is 12.2 Å². The molecule has 0 bridgehead atoms. The number of aliphatic carboxylic acids is 1. The molecule has 0 saturated carbocycles. The minimum atomic E-state index is -0.806. The first kappa shape index (κ1) is 11.9. The Kier molecular flexibility index (Phi) is 6.88. The standard InChI is InChI=1S/C10H16O3/c1-9(11)7-5-3-2-4-6-8-10(12)13/h4,6H,2-3,5,7-8H2,1H3,(H,12,13)/b6-4+. The highest BCUT2D eigenvalue weighted by atomic mass is 16.4. The van der Waals surface area contributed by atoms with E-state index in [9.17, 15) is 9.59 Å². The third kappa shape index (κ3) is 10.9. The number of carboxylic acid groups (broad SMARTS) is 1. The van der Waals surface area contributed by atoms with Gasteiger partial charge in [-0.1, -0.05) is 12.2 Å². The summed E-state index contributed by atoms with van der Waals surface area (Å²) in [6, 6.07) is 0. The summed E-state index contributed by atoms with van der Waals surface area (Å²) < 4.78 is 0. The van der Waals surface area contributed by atoms with Crippen molar-refractivity contribution < 1.29 is 14.7 Å². The van der Waals surface area contributed by atoms with Crippen LogP contribution in [0, 0.1) is 0 Å². The molecule has 0 aliphatic heterocycles. The molecular weight excluding hydrogens is 168 g/mol. The van der Waals surface area contributed by atoms with Gasteiger partial charge in [0, 0.05) is 6.42 Å². The zero-order valence-corrected chi connectivity index (χ0v) is 7.95. The van der Waals surface area contributed by atoms with Gasteiger partial charge in [-0.25, -0.2) is 0 Å².